The standard InChI is InChI=1S/C17H17N5O3/c1-4-6-22-16(24)14-15(21-17(22)25)20-12-8-10(18-13(23)5-2)9(3)7-11(12)19-14/h4,7-8H,1,5-6H2,2-3H3,(H,18,23)(H,20,21,25). The lowest BCUT2D eigenvalue weighted by Gasteiger charge is -2.09. The average molecular weight is 339 g/mol. The molecule has 128 valence electrons. The Morgan fingerprint density at radius 1 is 1.32 bits per heavy atom. The van der Waals surface area contributed by atoms with Gasteiger partial charge in [0.2, 0.25) is 5.91 Å². The fourth-order valence-corrected chi connectivity index (χ4v) is 2.50. The van der Waals surface area contributed by atoms with E-state index >= 15 is 0 Å². The third kappa shape index (κ3) is 2.93. The largest absolute Gasteiger partial charge is 0.330 e. The number of hydrogen-bond donors (Lipinski definition) is 2. The molecule has 2 heterocycles. The van der Waals surface area contributed by atoms with Crippen LogP contribution in [0.1, 0.15) is 18.9 Å². The van der Waals surface area contributed by atoms with E-state index in [1.807, 2.05) is 6.92 Å². The predicted octanol–water partition coefficient (Wildman–Crippen LogP) is 1.48. The number of hydrogen-bond acceptors (Lipinski definition) is 5. The van der Waals surface area contributed by atoms with Crippen molar-refractivity contribution in [2.24, 2.45) is 0 Å². The molecule has 0 saturated carbocycles. The first-order valence-corrected chi connectivity index (χ1v) is 7.80. The van der Waals surface area contributed by atoms with Crippen LogP contribution in [0.4, 0.5) is 5.69 Å². The van der Waals surface area contributed by atoms with Crippen molar-refractivity contribution in [1.29, 1.82) is 0 Å². The number of fused-ring (bicyclic) bond motifs is 2. The molecular formula is C17H17N5O3. The number of H-pyrrole nitrogens is 1. The van der Waals surface area contributed by atoms with E-state index in [1.54, 1.807) is 19.1 Å². The molecule has 0 unspecified atom stereocenters. The van der Waals surface area contributed by atoms with Gasteiger partial charge in [-0.05, 0) is 24.6 Å². The smallest absolute Gasteiger partial charge is 0.326 e. The highest BCUT2D eigenvalue weighted by Crippen LogP contribution is 2.22. The van der Waals surface area contributed by atoms with Gasteiger partial charge in [-0.2, -0.15) is 0 Å². The number of carbonyl (C=O) groups is 1. The Labute approximate surface area is 142 Å². The molecule has 0 bridgehead atoms. The SMILES string of the molecule is C=CCn1c(=O)[nH]c2nc3cc(NC(=O)CC)c(C)cc3nc2c1=O. The molecule has 8 nitrogen and oxygen atoms in total. The summed E-state index contributed by atoms with van der Waals surface area (Å²) in [5, 5.41) is 2.79. The lowest BCUT2D eigenvalue weighted by molar-refractivity contribution is -0.115. The Morgan fingerprint density at radius 3 is 2.72 bits per heavy atom. The van der Waals surface area contributed by atoms with Crippen LogP contribution in [-0.4, -0.2) is 25.4 Å². The molecule has 2 N–H and O–H groups in total. The van der Waals surface area contributed by atoms with Crippen LogP contribution in [0.25, 0.3) is 22.2 Å². The Morgan fingerprint density at radius 2 is 2.04 bits per heavy atom. The highest BCUT2D eigenvalue weighted by Gasteiger charge is 2.12. The number of anilines is 1. The Balaban J connectivity index is 2.27. The summed E-state index contributed by atoms with van der Waals surface area (Å²) in [6.45, 7) is 7.22. The number of aromatic amines is 1. The summed E-state index contributed by atoms with van der Waals surface area (Å²) in [5.41, 5.74) is 1.51. The highest BCUT2D eigenvalue weighted by atomic mass is 16.2. The van der Waals surface area contributed by atoms with E-state index in [2.05, 4.69) is 26.8 Å². The Kier molecular flexibility index (Phi) is 4.18. The van der Waals surface area contributed by atoms with Gasteiger partial charge in [-0.25, -0.2) is 14.8 Å². The van der Waals surface area contributed by atoms with Crippen LogP contribution in [0.2, 0.25) is 0 Å². The summed E-state index contributed by atoms with van der Waals surface area (Å²) in [7, 11) is 0. The van der Waals surface area contributed by atoms with Crippen molar-refractivity contribution in [3.8, 4) is 0 Å². The van der Waals surface area contributed by atoms with Gasteiger partial charge in [0, 0.05) is 18.7 Å². The van der Waals surface area contributed by atoms with E-state index in [1.165, 1.54) is 6.08 Å². The van der Waals surface area contributed by atoms with E-state index in [9.17, 15) is 14.4 Å². The summed E-state index contributed by atoms with van der Waals surface area (Å²) < 4.78 is 1.01. The summed E-state index contributed by atoms with van der Waals surface area (Å²) in [5.74, 6) is -0.114. The minimum absolute atomic E-state index is 0.0821. The molecule has 0 atom stereocenters. The zero-order valence-corrected chi connectivity index (χ0v) is 13.9. The molecule has 0 radical (unpaired) electrons. The zero-order chi connectivity index (χ0) is 18.1. The van der Waals surface area contributed by atoms with Crippen LogP contribution >= 0.6 is 0 Å². The molecule has 1 amide bonds. The fraction of sp³-hybridized carbons (Fsp3) is 0.235. The maximum atomic E-state index is 12.5. The number of amides is 1. The normalized spacial score (nSPS) is 11.0. The molecule has 3 aromatic rings. The van der Waals surface area contributed by atoms with Gasteiger partial charge in [0.25, 0.3) is 5.56 Å². The van der Waals surface area contributed by atoms with Gasteiger partial charge in [-0.1, -0.05) is 13.0 Å². The van der Waals surface area contributed by atoms with Crippen LogP contribution in [0.15, 0.2) is 34.4 Å². The van der Waals surface area contributed by atoms with Gasteiger partial charge in [0.15, 0.2) is 11.2 Å². The number of rotatable bonds is 4. The number of benzene rings is 1. The molecule has 25 heavy (non-hydrogen) atoms. The zero-order valence-electron chi connectivity index (χ0n) is 13.9. The van der Waals surface area contributed by atoms with E-state index in [0.29, 0.717) is 23.1 Å². The van der Waals surface area contributed by atoms with Crippen molar-refractivity contribution < 1.29 is 4.79 Å². The summed E-state index contributed by atoms with van der Waals surface area (Å²) in [6, 6.07) is 3.42. The molecule has 0 spiro atoms. The third-order valence-corrected chi connectivity index (χ3v) is 3.84. The second-order valence-electron chi connectivity index (χ2n) is 5.61. The lowest BCUT2D eigenvalue weighted by atomic mass is 10.1. The summed E-state index contributed by atoms with van der Waals surface area (Å²) in [4.78, 5) is 47.3. The predicted molar refractivity (Wildman–Crippen MR) is 95.8 cm³/mol. The van der Waals surface area contributed by atoms with Gasteiger partial charge in [0.1, 0.15) is 0 Å². The van der Waals surface area contributed by atoms with Gasteiger partial charge in [-0.3, -0.25) is 19.1 Å². The summed E-state index contributed by atoms with van der Waals surface area (Å²) in [6.07, 6.45) is 1.82. The van der Waals surface area contributed by atoms with E-state index in [4.69, 9.17) is 0 Å². The van der Waals surface area contributed by atoms with Crippen LogP contribution in [0, 0.1) is 6.92 Å². The van der Waals surface area contributed by atoms with Crippen molar-refractivity contribution >= 4 is 33.8 Å². The van der Waals surface area contributed by atoms with E-state index in [-0.39, 0.29) is 23.6 Å². The van der Waals surface area contributed by atoms with Crippen molar-refractivity contribution in [1.82, 2.24) is 19.5 Å². The highest BCUT2D eigenvalue weighted by molar-refractivity contribution is 5.95. The number of carbonyl (C=O) groups excluding carboxylic acids is 1. The molecule has 0 saturated heterocycles. The second-order valence-corrected chi connectivity index (χ2v) is 5.61. The molecule has 1 aromatic carbocycles. The molecule has 0 aliphatic carbocycles. The van der Waals surface area contributed by atoms with Crippen molar-refractivity contribution in [2.75, 3.05) is 5.32 Å². The molecular weight excluding hydrogens is 322 g/mol. The molecule has 8 heteroatoms. The molecule has 0 fully saturated rings. The maximum Gasteiger partial charge on any atom is 0.330 e. The summed E-state index contributed by atoms with van der Waals surface area (Å²) >= 11 is 0. The minimum atomic E-state index is -0.572. The molecule has 2 aromatic heterocycles. The quantitative estimate of drug-likeness (QED) is 0.552. The van der Waals surface area contributed by atoms with E-state index in [0.717, 1.165) is 10.1 Å². The number of aryl methyl sites for hydroxylation is 1. The number of nitrogens with one attached hydrogen (secondary N) is 2. The van der Waals surface area contributed by atoms with Crippen LogP contribution in [-0.2, 0) is 11.3 Å². The molecule has 0 aliphatic rings. The first-order valence-electron chi connectivity index (χ1n) is 7.80. The van der Waals surface area contributed by atoms with Gasteiger partial charge < -0.3 is 5.32 Å². The van der Waals surface area contributed by atoms with Crippen molar-refractivity contribution in [2.45, 2.75) is 26.8 Å². The number of aromatic nitrogens is 4. The fourth-order valence-electron chi connectivity index (χ4n) is 2.50. The third-order valence-electron chi connectivity index (χ3n) is 3.84. The van der Waals surface area contributed by atoms with Gasteiger partial charge in [-0.15, -0.1) is 6.58 Å². The average Bonchev–Trinajstić information content (AvgIpc) is 2.58. The van der Waals surface area contributed by atoms with Crippen LogP contribution in [0.3, 0.4) is 0 Å². The monoisotopic (exact) mass is 339 g/mol. The first kappa shape index (κ1) is 16.6. The van der Waals surface area contributed by atoms with Gasteiger partial charge >= 0.3 is 5.69 Å². The maximum absolute atomic E-state index is 12.5. The van der Waals surface area contributed by atoms with Crippen molar-refractivity contribution in [3.63, 3.8) is 0 Å². The second kappa shape index (κ2) is 6.31. The topological polar surface area (TPSA) is 110 Å². The van der Waals surface area contributed by atoms with Crippen LogP contribution < -0.4 is 16.6 Å². The Bertz CT molecular complexity index is 1130. The number of nitrogens with zero attached hydrogens (tertiary/aromatic N) is 3. The Hall–Kier alpha value is -3.29. The molecule has 0 aliphatic heterocycles. The number of allylic oxidation sites excluding steroid dienone is 1. The van der Waals surface area contributed by atoms with Crippen LogP contribution in [0.5, 0.6) is 0 Å². The molecule has 3 rings (SSSR count). The van der Waals surface area contributed by atoms with Gasteiger partial charge in [0.05, 0.1) is 11.0 Å². The first-order chi connectivity index (χ1) is 11.9. The lowest BCUT2D eigenvalue weighted by Crippen LogP contribution is -2.35. The van der Waals surface area contributed by atoms with E-state index < -0.39 is 11.2 Å². The van der Waals surface area contributed by atoms with Crippen molar-refractivity contribution in [3.05, 3.63) is 51.2 Å². The minimum Gasteiger partial charge on any atom is -0.326 e.